The fourth-order valence-corrected chi connectivity index (χ4v) is 2.77. The van der Waals surface area contributed by atoms with E-state index in [1.807, 2.05) is 0 Å². The summed E-state index contributed by atoms with van der Waals surface area (Å²) < 4.78 is 5.32. The van der Waals surface area contributed by atoms with Gasteiger partial charge >= 0.3 is 5.97 Å². The molecule has 2 rings (SSSR count). The SMILES string of the molecule is O=C(O)CC1(NC(=O)COc2ccc(Cl)cc2Cl)CCC1. The molecule has 2 N–H and O–H groups in total. The summed E-state index contributed by atoms with van der Waals surface area (Å²) in [6.45, 7) is -0.220. The maximum Gasteiger partial charge on any atom is 0.305 e. The van der Waals surface area contributed by atoms with E-state index in [9.17, 15) is 9.59 Å². The van der Waals surface area contributed by atoms with E-state index >= 15 is 0 Å². The van der Waals surface area contributed by atoms with Crippen LogP contribution in [0.1, 0.15) is 25.7 Å². The van der Waals surface area contributed by atoms with Crippen molar-refractivity contribution in [2.75, 3.05) is 6.61 Å². The number of aliphatic carboxylic acids is 1. The van der Waals surface area contributed by atoms with Crippen LogP contribution in [0.5, 0.6) is 5.75 Å². The molecule has 1 aliphatic rings. The van der Waals surface area contributed by atoms with Gasteiger partial charge in [-0.1, -0.05) is 23.2 Å². The van der Waals surface area contributed by atoms with Gasteiger partial charge in [-0.3, -0.25) is 9.59 Å². The van der Waals surface area contributed by atoms with Gasteiger partial charge < -0.3 is 15.2 Å². The lowest BCUT2D eigenvalue weighted by molar-refractivity contribution is -0.140. The quantitative estimate of drug-likeness (QED) is 0.840. The van der Waals surface area contributed by atoms with E-state index in [1.165, 1.54) is 6.07 Å². The molecule has 0 radical (unpaired) electrons. The second-order valence-corrected chi connectivity index (χ2v) is 5.96. The molecule has 21 heavy (non-hydrogen) atoms. The van der Waals surface area contributed by atoms with Gasteiger partial charge in [0.15, 0.2) is 6.61 Å². The Morgan fingerprint density at radius 2 is 2.05 bits per heavy atom. The Balaban J connectivity index is 1.88. The summed E-state index contributed by atoms with van der Waals surface area (Å²) in [7, 11) is 0. The summed E-state index contributed by atoms with van der Waals surface area (Å²) in [4.78, 5) is 22.7. The normalized spacial score (nSPS) is 15.9. The second-order valence-electron chi connectivity index (χ2n) is 5.12. The topological polar surface area (TPSA) is 75.6 Å². The lowest BCUT2D eigenvalue weighted by atomic mass is 9.74. The van der Waals surface area contributed by atoms with Gasteiger partial charge in [-0.25, -0.2) is 0 Å². The highest BCUT2D eigenvalue weighted by atomic mass is 35.5. The first-order chi connectivity index (χ1) is 9.90. The van der Waals surface area contributed by atoms with E-state index in [2.05, 4.69) is 5.32 Å². The minimum absolute atomic E-state index is 0.0690. The summed E-state index contributed by atoms with van der Waals surface area (Å²) in [5.74, 6) is -0.921. The van der Waals surface area contributed by atoms with E-state index in [0.717, 1.165) is 6.42 Å². The van der Waals surface area contributed by atoms with Crippen LogP contribution in [0.2, 0.25) is 10.0 Å². The molecule has 1 aromatic rings. The van der Waals surface area contributed by atoms with Crippen molar-refractivity contribution >= 4 is 35.1 Å². The van der Waals surface area contributed by atoms with Gasteiger partial charge in [0, 0.05) is 5.02 Å². The molecule has 0 saturated heterocycles. The largest absolute Gasteiger partial charge is 0.482 e. The Kier molecular flexibility index (Phi) is 4.96. The number of carboxylic acid groups (broad SMARTS) is 1. The van der Waals surface area contributed by atoms with Crippen LogP contribution >= 0.6 is 23.2 Å². The fourth-order valence-electron chi connectivity index (χ4n) is 2.31. The number of halogens is 2. The van der Waals surface area contributed by atoms with Crippen LogP contribution in [-0.2, 0) is 9.59 Å². The number of carboxylic acids is 1. The summed E-state index contributed by atoms with van der Waals surface area (Å²) >= 11 is 11.7. The Hall–Kier alpha value is -1.46. The van der Waals surface area contributed by atoms with Gasteiger partial charge in [0.2, 0.25) is 0 Å². The van der Waals surface area contributed by atoms with Gasteiger partial charge in [-0.05, 0) is 37.5 Å². The van der Waals surface area contributed by atoms with Gasteiger partial charge in [0.25, 0.3) is 5.91 Å². The van der Waals surface area contributed by atoms with Crippen molar-refractivity contribution in [3.05, 3.63) is 28.2 Å². The van der Waals surface area contributed by atoms with Crippen molar-refractivity contribution in [3.8, 4) is 5.75 Å². The number of hydrogen-bond donors (Lipinski definition) is 2. The summed E-state index contributed by atoms with van der Waals surface area (Å²) in [5, 5.41) is 12.4. The minimum Gasteiger partial charge on any atom is -0.482 e. The van der Waals surface area contributed by atoms with E-state index in [0.29, 0.717) is 28.6 Å². The molecule has 1 fully saturated rings. The summed E-state index contributed by atoms with van der Waals surface area (Å²) in [5.41, 5.74) is -0.629. The second kappa shape index (κ2) is 6.54. The van der Waals surface area contributed by atoms with Crippen LogP contribution in [0.25, 0.3) is 0 Å². The summed E-state index contributed by atoms with van der Waals surface area (Å²) in [6, 6.07) is 4.71. The molecule has 0 aromatic heterocycles. The first kappa shape index (κ1) is 15.9. The van der Waals surface area contributed by atoms with E-state index < -0.39 is 11.5 Å². The van der Waals surface area contributed by atoms with Crippen molar-refractivity contribution in [3.63, 3.8) is 0 Å². The molecule has 1 saturated carbocycles. The molecule has 0 atom stereocenters. The van der Waals surface area contributed by atoms with E-state index in [4.69, 9.17) is 33.0 Å². The third-order valence-electron chi connectivity index (χ3n) is 3.46. The molecule has 0 spiro atoms. The number of hydrogen-bond acceptors (Lipinski definition) is 3. The first-order valence-corrected chi connectivity index (χ1v) is 7.26. The molecule has 114 valence electrons. The molecular formula is C14H15Cl2NO4. The van der Waals surface area contributed by atoms with Crippen molar-refractivity contribution in [2.45, 2.75) is 31.2 Å². The van der Waals surface area contributed by atoms with Crippen molar-refractivity contribution in [2.24, 2.45) is 0 Å². The maximum atomic E-state index is 11.9. The Morgan fingerprint density at radius 3 is 2.57 bits per heavy atom. The molecule has 7 heteroatoms. The van der Waals surface area contributed by atoms with Crippen LogP contribution in [0.15, 0.2) is 18.2 Å². The van der Waals surface area contributed by atoms with Gasteiger partial charge in [-0.2, -0.15) is 0 Å². The van der Waals surface area contributed by atoms with Crippen LogP contribution in [0.3, 0.4) is 0 Å². The van der Waals surface area contributed by atoms with Gasteiger partial charge in [0.1, 0.15) is 5.75 Å². The van der Waals surface area contributed by atoms with Crippen LogP contribution in [0, 0.1) is 0 Å². The fraction of sp³-hybridized carbons (Fsp3) is 0.429. The van der Waals surface area contributed by atoms with Crippen LogP contribution in [0.4, 0.5) is 0 Å². The third-order valence-corrected chi connectivity index (χ3v) is 3.99. The number of benzene rings is 1. The molecule has 0 aliphatic heterocycles. The number of ether oxygens (including phenoxy) is 1. The smallest absolute Gasteiger partial charge is 0.305 e. The first-order valence-electron chi connectivity index (χ1n) is 6.51. The van der Waals surface area contributed by atoms with Gasteiger partial charge in [0.05, 0.1) is 17.0 Å². The van der Waals surface area contributed by atoms with Gasteiger partial charge in [-0.15, -0.1) is 0 Å². The molecule has 1 aliphatic carbocycles. The summed E-state index contributed by atoms with van der Waals surface area (Å²) in [6.07, 6.45) is 2.19. The number of rotatable bonds is 6. The zero-order valence-electron chi connectivity index (χ0n) is 11.2. The molecule has 0 bridgehead atoms. The van der Waals surface area contributed by atoms with Crippen molar-refractivity contribution in [1.29, 1.82) is 0 Å². The zero-order valence-corrected chi connectivity index (χ0v) is 12.7. The highest BCUT2D eigenvalue weighted by Gasteiger charge is 2.40. The third kappa shape index (κ3) is 4.25. The molecular weight excluding hydrogens is 317 g/mol. The Bertz CT molecular complexity index is 558. The predicted molar refractivity (Wildman–Crippen MR) is 78.9 cm³/mol. The standard InChI is InChI=1S/C14H15Cl2NO4/c15-9-2-3-11(10(16)6-9)21-8-12(18)17-14(4-1-5-14)7-13(19)20/h2-3,6H,1,4-5,7-8H2,(H,17,18)(H,19,20). The predicted octanol–water partition coefficient (Wildman–Crippen LogP) is 2.89. The molecule has 0 unspecified atom stereocenters. The van der Waals surface area contributed by atoms with Crippen molar-refractivity contribution < 1.29 is 19.4 Å². The maximum absolute atomic E-state index is 11.9. The molecule has 0 heterocycles. The van der Waals surface area contributed by atoms with E-state index in [-0.39, 0.29) is 18.9 Å². The molecule has 5 nitrogen and oxygen atoms in total. The van der Waals surface area contributed by atoms with Crippen LogP contribution < -0.4 is 10.1 Å². The lowest BCUT2D eigenvalue weighted by Crippen LogP contribution is -2.55. The minimum atomic E-state index is -0.920. The van der Waals surface area contributed by atoms with Crippen molar-refractivity contribution in [1.82, 2.24) is 5.32 Å². The monoisotopic (exact) mass is 331 g/mol. The Labute approximate surface area is 132 Å². The average molecular weight is 332 g/mol. The highest BCUT2D eigenvalue weighted by Crippen LogP contribution is 2.35. The van der Waals surface area contributed by atoms with Crippen LogP contribution in [-0.4, -0.2) is 29.1 Å². The number of nitrogens with one attached hydrogen (secondary N) is 1. The highest BCUT2D eigenvalue weighted by molar-refractivity contribution is 6.35. The number of amides is 1. The zero-order chi connectivity index (χ0) is 15.5. The number of carbonyl (C=O) groups is 2. The van der Waals surface area contributed by atoms with E-state index in [1.54, 1.807) is 12.1 Å². The lowest BCUT2D eigenvalue weighted by Gasteiger charge is -2.41. The molecule has 1 amide bonds. The molecule has 1 aromatic carbocycles. The average Bonchev–Trinajstić information content (AvgIpc) is 2.34. The number of carbonyl (C=O) groups excluding carboxylic acids is 1. The Morgan fingerprint density at radius 1 is 1.33 bits per heavy atom.